The van der Waals surface area contributed by atoms with Gasteiger partial charge in [0.2, 0.25) is 0 Å². The highest BCUT2D eigenvalue weighted by molar-refractivity contribution is 4.87. The van der Waals surface area contributed by atoms with Gasteiger partial charge in [-0.1, -0.05) is 13.8 Å². The molecule has 4 atom stereocenters. The third kappa shape index (κ3) is 3.73. The van der Waals surface area contributed by atoms with Gasteiger partial charge < -0.3 is 15.0 Å². The summed E-state index contributed by atoms with van der Waals surface area (Å²) in [6, 6.07) is 0.723. The van der Waals surface area contributed by atoms with Crippen molar-refractivity contribution in [1.29, 1.82) is 0 Å². The third-order valence-corrected chi connectivity index (χ3v) is 5.05. The average molecular weight is 281 g/mol. The zero-order valence-electron chi connectivity index (χ0n) is 13.2. The number of nitrogens with zero attached hydrogens (tertiary/aromatic N) is 2. The molecule has 4 nitrogen and oxygen atoms in total. The highest BCUT2D eigenvalue weighted by Crippen LogP contribution is 2.23. The molecule has 3 saturated heterocycles. The fourth-order valence-electron chi connectivity index (χ4n) is 4.09. The van der Waals surface area contributed by atoms with Crippen molar-refractivity contribution in [2.24, 2.45) is 11.8 Å². The molecular weight excluding hydrogens is 250 g/mol. The topological polar surface area (TPSA) is 27.7 Å². The molecule has 3 rings (SSSR count). The summed E-state index contributed by atoms with van der Waals surface area (Å²) in [6.07, 6.45) is 3.14. The van der Waals surface area contributed by atoms with Crippen LogP contribution in [0.5, 0.6) is 0 Å². The highest BCUT2D eigenvalue weighted by atomic mass is 16.5. The molecule has 3 aliphatic rings. The van der Waals surface area contributed by atoms with Crippen LogP contribution in [0.25, 0.3) is 0 Å². The van der Waals surface area contributed by atoms with Gasteiger partial charge in [0.1, 0.15) is 0 Å². The Bertz CT molecular complexity index is 300. The molecule has 0 amide bonds. The molecule has 1 N–H and O–H groups in total. The van der Waals surface area contributed by atoms with Crippen molar-refractivity contribution < 1.29 is 4.74 Å². The Balaban J connectivity index is 1.52. The Kier molecular flexibility index (Phi) is 4.97. The molecule has 116 valence electrons. The summed E-state index contributed by atoms with van der Waals surface area (Å²) in [5, 5.41) is 3.58. The van der Waals surface area contributed by atoms with Gasteiger partial charge in [-0.3, -0.25) is 4.90 Å². The van der Waals surface area contributed by atoms with Crippen molar-refractivity contribution in [3.63, 3.8) is 0 Å². The zero-order chi connectivity index (χ0) is 13.9. The number of fused-ring (bicyclic) bond motifs is 1. The van der Waals surface area contributed by atoms with Gasteiger partial charge in [0.15, 0.2) is 0 Å². The fraction of sp³-hybridized carbons (Fsp3) is 1.00. The van der Waals surface area contributed by atoms with E-state index in [0.29, 0.717) is 6.10 Å². The quantitative estimate of drug-likeness (QED) is 0.818. The van der Waals surface area contributed by atoms with Gasteiger partial charge in [-0.25, -0.2) is 0 Å². The number of hydrogen-bond donors (Lipinski definition) is 1. The number of nitrogens with one attached hydrogen (secondary N) is 1. The lowest BCUT2D eigenvalue weighted by Gasteiger charge is -2.39. The first kappa shape index (κ1) is 14.8. The van der Waals surface area contributed by atoms with E-state index in [9.17, 15) is 0 Å². The minimum atomic E-state index is 0.427. The molecule has 4 heteroatoms. The molecule has 3 fully saturated rings. The van der Waals surface area contributed by atoms with E-state index in [1.54, 1.807) is 0 Å². The monoisotopic (exact) mass is 281 g/mol. The second kappa shape index (κ2) is 6.73. The van der Waals surface area contributed by atoms with E-state index < -0.39 is 0 Å². The van der Waals surface area contributed by atoms with Crippen LogP contribution in [-0.2, 0) is 4.74 Å². The molecule has 3 heterocycles. The van der Waals surface area contributed by atoms with Crippen LogP contribution in [0.4, 0.5) is 0 Å². The van der Waals surface area contributed by atoms with Crippen LogP contribution in [0.15, 0.2) is 0 Å². The number of morpholine rings is 1. The predicted octanol–water partition coefficient (Wildman–Crippen LogP) is 1.03. The molecule has 0 aromatic carbocycles. The van der Waals surface area contributed by atoms with Crippen LogP contribution < -0.4 is 5.32 Å². The molecule has 20 heavy (non-hydrogen) atoms. The SMILES string of the molecule is CC1CNCC(C)CN(CC2CN3CCCC3CO2)C1. The summed E-state index contributed by atoms with van der Waals surface area (Å²) in [7, 11) is 0. The van der Waals surface area contributed by atoms with E-state index in [1.807, 2.05) is 0 Å². The van der Waals surface area contributed by atoms with Gasteiger partial charge in [-0.05, 0) is 44.3 Å². The maximum atomic E-state index is 6.14. The number of rotatable bonds is 2. The minimum absolute atomic E-state index is 0.427. The van der Waals surface area contributed by atoms with Gasteiger partial charge >= 0.3 is 0 Å². The van der Waals surface area contributed by atoms with E-state index in [2.05, 4.69) is 29.0 Å². The number of ether oxygens (including phenoxy) is 1. The Morgan fingerprint density at radius 2 is 1.85 bits per heavy atom. The Labute approximate surface area is 123 Å². The van der Waals surface area contributed by atoms with Gasteiger partial charge in [0, 0.05) is 32.2 Å². The summed E-state index contributed by atoms with van der Waals surface area (Å²) >= 11 is 0. The molecule has 0 aromatic rings. The predicted molar refractivity (Wildman–Crippen MR) is 82.0 cm³/mol. The highest BCUT2D eigenvalue weighted by Gasteiger charge is 2.33. The normalized spacial score (nSPS) is 41.1. The van der Waals surface area contributed by atoms with Gasteiger partial charge in [0.25, 0.3) is 0 Å². The molecule has 4 unspecified atom stereocenters. The van der Waals surface area contributed by atoms with Crippen molar-refractivity contribution in [1.82, 2.24) is 15.1 Å². The first-order valence-corrected chi connectivity index (χ1v) is 8.49. The van der Waals surface area contributed by atoms with Crippen LogP contribution >= 0.6 is 0 Å². The smallest absolute Gasteiger partial charge is 0.0829 e. The van der Waals surface area contributed by atoms with E-state index >= 15 is 0 Å². The summed E-state index contributed by atoms with van der Waals surface area (Å²) in [5.74, 6) is 1.48. The van der Waals surface area contributed by atoms with E-state index in [4.69, 9.17) is 4.74 Å². The first-order valence-electron chi connectivity index (χ1n) is 8.49. The summed E-state index contributed by atoms with van der Waals surface area (Å²) in [6.45, 7) is 14.0. The van der Waals surface area contributed by atoms with Crippen molar-refractivity contribution >= 4 is 0 Å². The fourth-order valence-corrected chi connectivity index (χ4v) is 4.09. The van der Waals surface area contributed by atoms with E-state index in [-0.39, 0.29) is 0 Å². The van der Waals surface area contributed by atoms with Crippen LogP contribution in [0.1, 0.15) is 26.7 Å². The average Bonchev–Trinajstić information content (AvgIpc) is 2.84. The van der Waals surface area contributed by atoms with Gasteiger partial charge in [0.05, 0.1) is 12.7 Å². The maximum Gasteiger partial charge on any atom is 0.0829 e. The molecule has 0 aromatic heterocycles. The van der Waals surface area contributed by atoms with Crippen molar-refractivity contribution in [2.75, 3.05) is 52.4 Å². The standard InChI is InChI=1S/C16H31N3O/c1-13-6-17-7-14(2)9-18(8-13)10-16-11-19-5-3-4-15(19)12-20-16/h13-17H,3-12H2,1-2H3. The second-order valence-corrected chi connectivity index (χ2v) is 7.33. The van der Waals surface area contributed by atoms with Gasteiger partial charge in [-0.2, -0.15) is 0 Å². The summed E-state index contributed by atoms with van der Waals surface area (Å²) in [5.41, 5.74) is 0. The molecule has 0 aliphatic carbocycles. The molecule has 0 bridgehead atoms. The molecular formula is C16H31N3O. The van der Waals surface area contributed by atoms with E-state index in [0.717, 1.165) is 50.7 Å². The number of hydrogen-bond acceptors (Lipinski definition) is 4. The Hall–Kier alpha value is -0.160. The zero-order valence-corrected chi connectivity index (χ0v) is 13.2. The molecule has 0 spiro atoms. The molecule has 3 aliphatic heterocycles. The van der Waals surface area contributed by atoms with Crippen LogP contribution in [0, 0.1) is 11.8 Å². The third-order valence-electron chi connectivity index (χ3n) is 5.05. The van der Waals surface area contributed by atoms with Gasteiger partial charge in [-0.15, -0.1) is 0 Å². The maximum absolute atomic E-state index is 6.14. The minimum Gasteiger partial charge on any atom is -0.374 e. The van der Waals surface area contributed by atoms with Crippen LogP contribution in [0.2, 0.25) is 0 Å². The van der Waals surface area contributed by atoms with Crippen molar-refractivity contribution in [3.8, 4) is 0 Å². The Morgan fingerprint density at radius 3 is 2.60 bits per heavy atom. The first-order chi connectivity index (χ1) is 9.70. The lowest BCUT2D eigenvalue weighted by atomic mass is 10.0. The summed E-state index contributed by atoms with van der Waals surface area (Å²) in [4.78, 5) is 5.31. The van der Waals surface area contributed by atoms with E-state index in [1.165, 1.54) is 32.5 Å². The largest absolute Gasteiger partial charge is 0.374 e. The lowest BCUT2D eigenvalue weighted by molar-refractivity contribution is -0.0638. The van der Waals surface area contributed by atoms with Crippen LogP contribution in [0.3, 0.4) is 0 Å². The van der Waals surface area contributed by atoms with Crippen molar-refractivity contribution in [2.45, 2.75) is 38.8 Å². The summed E-state index contributed by atoms with van der Waals surface area (Å²) < 4.78 is 6.14. The molecule has 0 saturated carbocycles. The van der Waals surface area contributed by atoms with Crippen molar-refractivity contribution in [3.05, 3.63) is 0 Å². The Morgan fingerprint density at radius 1 is 1.10 bits per heavy atom. The van der Waals surface area contributed by atoms with Crippen LogP contribution in [-0.4, -0.2) is 74.4 Å². The lowest BCUT2D eigenvalue weighted by Crippen LogP contribution is -2.52. The second-order valence-electron chi connectivity index (χ2n) is 7.33. The molecule has 0 radical (unpaired) electrons.